The molecule has 2 heterocycles. The summed E-state index contributed by atoms with van der Waals surface area (Å²) < 4.78 is 7.12. The lowest BCUT2D eigenvalue weighted by molar-refractivity contribution is 0.0827. The van der Waals surface area contributed by atoms with Crippen molar-refractivity contribution in [2.24, 2.45) is 0 Å². The minimum Gasteiger partial charge on any atom is -0.497 e. The summed E-state index contributed by atoms with van der Waals surface area (Å²) in [7, 11) is 5.11. The van der Waals surface area contributed by atoms with E-state index in [0.29, 0.717) is 11.5 Å². The van der Waals surface area contributed by atoms with Gasteiger partial charge in [-0.2, -0.15) is 4.98 Å². The van der Waals surface area contributed by atoms with Crippen LogP contribution in [0.1, 0.15) is 10.4 Å². The Balaban J connectivity index is 1.64. The number of pyridine rings is 1. The lowest BCUT2D eigenvalue weighted by atomic mass is 10.1. The highest BCUT2D eigenvalue weighted by atomic mass is 16.5. The molecule has 7 heteroatoms. The zero-order chi connectivity index (χ0) is 20.4. The maximum absolute atomic E-state index is 12.0. The molecular formula is C22H21N5O2. The van der Waals surface area contributed by atoms with Gasteiger partial charge in [-0.05, 0) is 48.5 Å². The van der Waals surface area contributed by atoms with E-state index in [0.717, 1.165) is 28.3 Å². The molecular weight excluding hydrogens is 366 g/mol. The summed E-state index contributed by atoms with van der Waals surface area (Å²) >= 11 is 0. The van der Waals surface area contributed by atoms with Crippen LogP contribution < -0.4 is 10.1 Å². The van der Waals surface area contributed by atoms with Gasteiger partial charge in [0.05, 0.1) is 12.8 Å². The van der Waals surface area contributed by atoms with Gasteiger partial charge in [0.2, 0.25) is 5.95 Å². The number of hydrogen-bond donors (Lipinski definition) is 1. The van der Waals surface area contributed by atoms with Crippen LogP contribution in [0.5, 0.6) is 5.75 Å². The molecule has 2 aromatic heterocycles. The fourth-order valence-corrected chi connectivity index (χ4v) is 3.04. The van der Waals surface area contributed by atoms with E-state index in [-0.39, 0.29) is 5.91 Å². The molecule has 0 aliphatic carbocycles. The number of carbonyl (C=O) groups is 1. The van der Waals surface area contributed by atoms with Crippen molar-refractivity contribution in [3.05, 3.63) is 72.3 Å². The molecule has 0 aliphatic rings. The van der Waals surface area contributed by atoms with Gasteiger partial charge in [0, 0.05) is 30.9 Å². The van der Waals surface area contributed by atoms with Crippen molar-refractivity contribution >= 4 is 23.2 Å². The smallest absolute Gasteiger partial charge is 0.253 e. The van der Waals surface area contributed by atoms with Gasteiger partial charge < -0.3 is 15.0 Å². The largest absolute Gasteiger partial charge is 0.497 e. The van der Waals surface area contributed by atoms with Gasteiger partial charge in [0.15, 0.2) is 5.65 Å². The van der Waals surface area contributed by atoms with Crippen LogP contribution >= 0.6 is 0 Å². The first-order valence-electron chi connectivity index (χ1n) is 9.14. The monoisotopic (exact) mass is 387 g/mol. The molecule has 1 N–H and O–H groups in total. The zero-order valence-corrected chi connectivity index (χ0v) is 16.5. The zero-order valence-electron chi connectivity index (χ0n) is 16.5. The minimum atomic E-state index is -0.0367. The standard InChI is InChI=1S/C22H21N5O2/c1-26(2)21(28)15-10-12-17(13-11-15)23-22-24-20-9-5-8-19(27(20)25-22)16-6-4-7-18(14-16)29-3/h4-14H,1-3H3,(H,23,25). The molecule has 4 rings (SSSR count). The minimum absolute atomic E-state index is 0.0367. The molecule has 0 spiro atoms. The summed E-state index contributed by atoms with van der Waals surface area (Å²) in [6.07, 6.45) is 0. The second kappa shape index (κ2) is 7.63. The van der Waals surface area contributed by atoms with Gasteiger partial charge in [0.25, 0.3) is 5.91 Å². The number of amides is 1. The number of ether oxygens (including phenoxy) is 1. The number of benzene rings is 2. The van der Waals surface area contributed by atoms with E-state index in [1.54, 1.807) is 42.8 Å². The average Bonchev–Trinajstić information content (AvgIpc) is 3.16. The van der Waals surface area contributed by atoms with Crippen LogP contribution in [0.25, 0.3) is 16.9 Å². The molecule has 0 bridgehead atoms. The third-order valence-corrected chi connectivity index (χ3v) is 4.52. The first-order chi connectivity index (χ1) is 14.0. The van der Waals surface area contributed by atoms with E-state index in [9.17, 15) is 4.79 Å². The molecule has 0 fully saturated rings. The SMILES string of the molecule is COc1cccc(-c2cccc3nc(Nc4ccc(C(=O)N(C)C)cc4)nn23)c1. The van der Waals surface area contributed by atoms with Crippen LogP contribution in [0.2, 0.25) is 0 Å². The molecule has 2 aromatic carbocycles. The van der Waals surface area contributed by atoms with Gasteiger partial charge in [0.1, 0.15) is 5.75 Å². The van der Waals surface area contributed by atoms with Gasteiger partial charge in [-0.25, -0.2) is 4.52 Å². The Bertz CT molecular complexity index is 1170. The molecule has 4 aromatic rings. The van der Waals surface area contributed by atoms with Gasteiger partial charge in [-0.15, -0.1) is 5.10 Å². The second-order valence-electron chi connectivity index (χ2n) is 6.75. The van der Waals surface area contributed by atoms with Gasteiger partial charge in [-0.1, -0.05) is 18.2 Å². The fraction of sp³-hybridized carbons (Fsp3) is 0.136. The Morgan fingerprint density at radius 2 is 1.79 bits per heavy atom. The number of nitrogens with zero attached hydrogens (tertiary/aromatic N) is 4. The highest BCUT2D eigenvalue weighted by molar-refractivity contribution is 5.94. The molecule has 0 saturated carbocycles. The first-order valence-corrected chi connectivity index (χ1v) is 9.14. The Labute approximate surface area is 168 Å². The van der Waals surface area contributed by atoms with E-state index in [1.807, 2.05) is 54.6 Å². The summed E-state index contributed by atoms with van der Waals surface area (Å²) in [5.74, 6) is 1.22. The Hall–Kier alpha value is -3.87. The number of rotatable bonds is 5. The van der Waals surface area contributed by atoms with E-state index >= 15 is 0 Å². The van der Waals surface area contributed by atoms with Crippen LogP contribution in [-0.4, -0.2) is 46.6 Å². The number of fused-ring (bicyclic) bond motifs is 1. The predicted molar refractivity (Wildman–Crippen MR) is 113 cm³/mol. The Kier molecular flexibility index (Phi) is 4.87. The third-order valence-electron chi connectivity index (χ3n) is 4.52. The third kappa shape index (κ3) is 3.75. The number of nitrogens with one attached hydrogen (secondary N) is 1. The molecule has 0 saturated heterocycles. The van der Waals surface area contributed by atoms with Crippen LogP contribution in [0, 0.1) is 0 Å². The maximum Gasteiger partial charge on any atom is 0.253 e. The average molecular weight is 387 g/mol. The number of aromatic nitrogens is 3. The normalized spacial score (nSPS) is 10.7. The van der Waals surface area contributed by atoms with E-state index in [2.05, 4.69) is 15.4 Å². The Morgan fingerprint density at radius 1 is 1.03 bits per heavy atom. The number of carbonyl (C=O) groups excluding carboxylic acids is 1. The van der Waals surface area contributed by atoms with Crippen molar-refractivity contribution in [1.82, 2.24) is 19.5 Å². The van der Waals surface area contributed by atoms with Crippen molar-refractivity contribution in [1.29, 1.82) is 0 Å². The van der Waals surface area contributed by atoms with Crippen LogP contribution in [0.3, 0.4) is 0 Å². The predicted octanol–water partition coefficient (Wildman–Crippen LogP) is 3.85. The molecule has 0 radical (unpaired) electrons. The quantitative estimate of drug-likeness (QED) is 0.563. The van der Waals surface area contributed by atoms with E-state index < -0.39 is 0 Å². The number of hydrogen-bond acceptors (Lipinski definition) is 5. The lowest BCUT2D eigenvalue weighted by Crippen LogP contribution is -2.21. The number of methoxy groups -OCH3 is 1. The summed E-state index contributed by atoms with van der Waals surface area (Å²) in [5.41, 5.74) is 4.06. The highest BCUT2D eigenvalue weighted by Gasteiger charge is 2.11. The Morgan fingerprint density at radius 3 is 2.52 bits per heavy atom. The van der Waals surface area contributed by atoms with Crippen molar-refractivity contribution < 1.29 is 9.53 Å². The molecule has 0 unspecified atom stereocenters. The highest BCUT2D eigenvalue weighted by Crippen LogP contribution is 2.25. The maximum atomic E-state index is 12.0. The van der Waals surface area contributed by atoms with Crippen molar-refractivity contribution in [2.75, 3.05) is 26.5 Å². The van der Waals surface area contributed by atoms with Crippen molar-refractivity contribution in [2.45, 2.75) is 0 Å². The second-order valence-corrected chi connectivity index (χ2v) is 6.75. The summed E-state index contributed by atoms with van der Waals surface area (Å²) in [5, 5.41) is 7.80. The first kappa shape index (κ1) is 18.5. The van der Waals surface area contributed by atoms with Crippen LogP contribution in [-0.2, 0) is 0 Å². The van der Waals surface area contributed by atoms with Gasteiger partial charge >= 0.3 is 0 Å². The van der Waals surface area contributed by atoms with Crippen molar-refractivity contribution in [3.63, 3.8) is 0 Å². The molecule has 7 nitrogen and oxygen atoms in total. The molecule has 146 valence electrons. The van der Waals surface area contributed by atoms with Crippen LogP contribution in [0.4, 0.5) is 11.6 Å². The molecule has 29 heavy (non-hydrogen) atoms. The molecule has 0 aliphatic heterocycles. The topological polar surface area (TPSA) is 71.8 Å². The summed E-state index contributed by atoms with van der Waals surface area (Å²) in [4.78, 5) is 18.1. The summed E-state index contributed by atoms with van der Waals surface area (Å²) in [6, 6.07) is 20.9. The molecule has 0 atom stereocenters. The lowest BCUT2D eigenvalue weighted by Gasteiger charge is -2.10. The van der Waals surface area contributed by atoms with Crippen LogP contribution in [0.15, 0.2) is 66.7 Å². The van der Waals surface area contributed by atoms with E-state index in [1.165, 1.54) is 0 Å². The van der Waals surface area contributed by atoms with E-state index in [4.69, 9.17) is 4.74 Å². The van der Waals surface area contributed by atoms with Crippen molar-refractivity contribution in [3.8, 4) is 17.0 Å². The van der Waals surface area contributed by atoms with Gasteiger partial charge in [-0.3, -0.25) is 4.79 Å². The fourth-order valence-electron chi connectivity index (χ4n) is 3.04. The molecule has 1 amide bonds. The number of anilines is 2. The summed E-state index contributed by atoms with van der Waals surface area (Å²) in [6.45, 7) is 0.